The summed E-state index contributed by atoms with van der Waals surface area (Å²) in [6.07, 6.45) is 2.78. The van der Waals surface area contributed by atoms with E-state index in [4.69, 9.17) is 0 Å². The molecular weight excluding hydrogens is 265 g/mol. The summed E-state index contributed by atoms with van der Waals surface area (Å²) < 4.78 is 0. The van der Waals surface area contributed by atoms with Gasteiger partial charge in [-0.05, 0) is 46.2 Å². The third-order valence-corrected chi connectivity index (χ3v) is 3.32. The molecule has 1 aliphatic rings. The van der Waals surface area contributed by atoms with Crippen molar-refractivity contribution in [2.75, 3.05) is 13.6 Å². The van der Waals surface area contributed by atoms with E-state index in [2.05, 4.69) is 32.7 Å². The van der Waals surface area contributed by atoms with Gasteiger partial charge in [-0.25, -0.2) is 0 Å². The van der Waals surface area contributed by atoms with E-state index in [9.17, 15) is 0 Å². The van der Waals surface area contributed by atoms with E-state index in [0.29, 0.717) is 5.54 Å². The Hall–Kier alpha value is 1.76. The van der Waals surface area contributed by atoms with Gasteiger partial charge in [0.05, 0.1) is 0 Å². The molecule has 0 radical (unpaired) electrons. The van der Waals surface area contributed by atoms with Crippen molar-refractivity contribution >= 4 is 24.8 Å². The van der Waals surface area contributed by atoms with Crippen LogP contribution in [0.15, 0.2) is 0 Å². The molecule has 0 aromatic heterocycles. The molecule has 0 amide bonds. The summed E-state index contributed by atoms with van der Waals surface area (Å²) in [5.74, 6) is 0.853. The van der Waals surface area contributed by atoms with Crippen LogP contribution in [0.2, 0.25) is 0 Å². The van der Waals surface area contributed by atoms with Crippen LogP contribution in [0.25, 0.3) is 0 Å². The van der Waals surface area contributed by atoms with Crippen LogP contribution in [0.5, 0.6) is 0 Å². The van der Waals surface area contributed by atoms with Gasteiger partial charge in [0, 0.05) is 25.0 Å². The van der Waals surface area contributed by atoms with Gasteiger partial charge in [-0.1, -0.05) is 6.92 Å². The van der Waals surface area contributed by atoms with E-state index < -0.39 is 0 Å². The summed E-state index contributed by atoms with van der Waals surface area (Å²) in [5.41, 5.74) is 0.429. The minimum absolute atomic E-state index is 0. The van der Waals surface area contributed by atoms with Crippen LogP contribution in [0.4, 0.5) is 0 Å². The summed E-state index contributed by atoms with van der Waals surface area (Å²) in [4.78, 5) is 2.47. The second kappa shape index (κ2) is 9.95. The molecule has 1 fully saturated rings. The number of likely N-dealkylation sites (tertiary alicyclic amines) is 1. The van der Waals surface area contributed by atoms with Crippen molar-refractivity contribution < 1.29 is 39.8 Å². The van der Waals surface area contributed by atoms with E-state index >= 15 is 0 Å². The van der Waals surface area contributed by atoms with Crippen molar-refractivity contribution in [3.63, 3.8) is 0 Å². The predicted molar refractivity (Wildman–Crippen MR) is 60.7 cm³/mol. The van der Waals surface area contributed by atoms with Gasteiger partial charge in [0.25, 0.3) is 0 Å². The van der Waals surface area contributed by atoms with Crippen LogP contribution in [0.3, 0.4) is 0 Å². The number of nitrogens with zero attached hydrogens (tertiary/aromatic N) is 1. The normalized spacial score (nSPS) is 24.4. The zero-order valence-electron chi connectivity index (χ0n) is 11.2. The van der Waals surface area contributed by atoms with Gasteiger partial charge in [0.2, 0.25) is 0 Å². The number of hydrogen-bond acceptors (Lipinski definition) is 1. The van der Waals surface area contributed by atoms with Crippen molar-refractivity contribution in [1.82, 2.24) is 4.90 Å². The van der Waals surface area contributed by atoms with Crippen LogP contribution >= 0.6 is 24.8 Å². The Morgan fingerprint density at radius 2 is 1.71 bits per heavy atom. The van der Waals surface area contributed by atoms with Crippen molar-refractivity contribution in [2.45, 2.75) is 39.2 Å². The largest absolute Gasteiger partial charge is 1.00 e. The third kappa shape index (κ3) is 5.74. The topological polar surface area (TPSA) is 3.24 Å². The van der Waals surface area contributed by atoms with E-state index in [1.54, 1.807) is 0 Å². The molecule has 1 aliphatic heterocycles. The van der Waals surface area contributed by atoms with Crippen molar-refractivity contribution in [1.29, 1.82) is 0 Å². The maximum absolute atomic E-state index is 2.47. The van der Waals surface area contributed by atoms with Crippen LogP contribution in [0, 0.1) is 5.92 Å². The fraction of sp³-hybridized carbons (Fsp3) is 1.00. The zero-order valence-corrected chi connectivity index (χ0v) is 14.8. The molecule has 0 aromatic carbocycles. The van der Waals surface area contributed by atoms with Crippen LogP contribution in [-0.4, -0.2) is 24.0 Å². The molecule has 1 atom stereocenters. The summed E-state index contributed by atoms with van der Waals surface area (Å²) in [6.45, 7) is 8.32. The third-order valence-electron chi connectivity index (χ3n) is 3.32. The van der Waals surface area contributed by atoms with Gasteiger partial charge < -0.3 is 6.33 Å². The molecule has 1 saturated heterocycles. The first-order valence-corrected chi connectivity index (χ1v) is 4.26. The van der Waals surface area contributed by atoms with Gasteiger partial charge >= 0.3 is 18.9 Å². The average molecular weight is 288 g/mol. The molecule has 1 nitrogen and oxygen atoms in total. The Bertz CT molecular complexity index is 129. The number of halogens is 2. The monoisotopic (exact) mass is 285 g/mol. The Kier molecular flexibility index (Phi) is 17.6. The van der Waals surface area contributed by atoms with Crippen molar-refractivity contribution in [2.24, 2.45) is 5.92 Å². The second-order valence-corrected chi connectivity index (χ2v) is 4.12. The average Bonchev–Trinajstić information content (AvgIpc) is 1.84. The van der Waals surface area contributed by atoms with E-state index in [1.165, 1.54) is 19.4 Å². The Morgan fingerprint density at radius 3 is 2.00 bits per heavy atom. The molecule has 14 heavy (non-hydrogen) atoms. The Morgan fingerprint density at radius 1 is 1.29 bits per heavy atom. The maximum atomic E-state index is 2.47. The van der Waals surface area contributed by atoms with Crippen LogP contribution in [-0.2, 0) is 19.5 Å². The fourth-order valence-electron chi connectivity index (χ4n) is 1.65. The molecule has 1 heterocycles. The minimum Gasteiger partial charge on any atom is -1.00 e. The standard InChI is InChI=1S/C9H19N.2ClH.Li.Zn.H/c1-8-6-5-7-10(4)9(8,2)3;;;;;/h8H,5-7H2,1-4H3;2*1H;;;/q;;;+1;;-1. The second-order valence-electron chi connectivity index (χ2n) is 4.12. The fourth-order valence-corrected chi connectivity index (χ4v) is 1.65. The number of piperidine rings is 1. The smallest absolute Gasteiger partial charge is 1.00 e. The van der Waals surface area contributed by atoms with Gasteiger partial charge in [0.1, 0.15) is 0 Å². The molecule has 0 spiro atoms. The van der Waals surface area contributed by atoms with Gasteiger partial charge in [-0.15, -0.1) is 24.8 Å². The molecule has 0 N–H and O–H groups in total. The predicted octanol–water partition coefficient (Wildman–Crippen LogP) is 0.0843. The molecule has 0 bridgehead atoms. The summed E-state index contributed by atoms with van der Waals surface area (Å²) in [7, 11) is 2.23. The molecule has 1 unspecified atom stereocenters. The summed E-state index contributed by atoms with van der Waals surface area (Å²) in [6, 6.07) is 0. The zero-order chi connectivity index (χ0) is 7.78. The van der Waals surface area contributed by atoms with Gasteiger partial charge in [-0.3, -0.25) is 0 Å². The maximum Gasteiger partial charge on any atom is 1.00 e. The van der Waals surface area contributed by atoms with Crippen molar-refractivity contribution in [3.05, 3.63) is 0 Å². The molecule has 0 aromatic rings. The van der Waals surface area contributed by atoms with Crippen LogP contribution in [0.1, 0.15) is 35.0 Å². The van der Waals surface area contributed by atoms with E-state index in [0.717, 1.165) is 5.92 Å². The first-order valence-electron chi connectivity index (χ1n) is 4.26. The van der Waals surface area contributed by atoms with Crippen molar-refractivity contribution in [3.8, 4) is 0 Å². The molecular formula is C9H22Cl2LiNZn. The first kappa shape index (κ1) is 24.8. The minimum atomic E-state index is 0. The van der Waals surface area contributed by atoms with E-state index in [-0.39, 0.29) is 64.6 Å². The first-order chi connectivity index (χ1) is 4.55. The molecule has 5 heteroatoms. The van der Waals surface area contributed by atoms with Gasteiger partial charge in [0.15, 0.2) is 0 Å². The molecule has 80 valence electrons. The van der Waals surface area contributed by atoms with Gasteiger partial charge in [-0.2, -0.15) is 0 Å². The molecule has 0 aliphatic carbocycles. The van der Waals surface area contributed by atoms with Crippen LogP contribution < -0.4 is 18.9 Å². The van der Waals surface area contributed by atoms with E-state index in [1.807, 2.05) is 0 Å². The number of hydrogen-bond donors (Lipinski definition) is 0. The Balaban J connectivity index is -0.0000000667. The molecule has 1 rings (SSSR count). The number of rotatable bonds is 0. The summed E-state index contributed by atoms with van der Waals surface area (Å²) >= 11 is 0. The SMILES string of the molecule is CC1CCCN(C)C1(C)C.Cl.Cl.[H-].[Li+].[Zn]. The molecule has 0 saturated carbocycles. The quantitative estimate of drug-likeness (QED) is 0.571. The Labute approximate surface area is 127 Å². The summed E-state index contributed by atoms with van der Waals surface area (Å²) in [5, 5.41) is 0.